The molecule has 110 valence electrons. The predicted octanol–water partition coefficient (Wildman–Crippen LogP) is 1.69. The lowest BCUT2D eigenvalue weighted by atomic mass is 10.1. The van der Waals surface area contributed by atoms with E-state index in [1.807, 2.05) is 0 Å². The van der Waals surface area contributed by atoms with Gasteiger partial charge in [-0.3, -0.25) is 9.59 Å². The van der Waals surface area contributed by atoms with E-state index in [1.165, 1.54) is 18.2 Å². The van der Waals surface area contributed by atoms with E-state index in [1.54, 1.807) is 19.9 Å². The molecule has 0 saturated carbocycles. The van der Waals surface area contributed by atoms with Crippen LogP contribution in [0.4, 0.5) is 10.1 Å². The number of carbonyl (C=O) groups is 2. The summed E-state index contributed by atoms with van der Waals surface area (Å²) in [6.07, 6.45) is 0. The Hall–Kier alpha value is -1.60. The number of amides is 1. The Morgan fingerprint density at radius 3 is 2.70 bits per heavy atom. The van der Waals surface area contributed by atoms with Crippen molar-refractivity contribution in [3.05, 3.63) is 30.1 Å². The Morgan fingerprint density at radius 2 is 2.15 bits per heavy atom. The minimum Gasteiger partial charge on any atom is -0.480 e. The van der Waals surface area contributed by atoms with Crippen LogP contribution < -0.4 is 11.1 Å². The van der Waals surface area contributed by atoms with Crippen LogP contribution in [-0.4, -0.2) is 33.5 Å². The quantitative estimate of drug-likeness (QED) is 0.743. The zero-order chi connectivity index (χ0) is 15.3. The third-order valence-corrected chi connectivity index (χ3v) is 4.10. The Balaban J connectivity index is 2.53. The molecule has 5 nitrogen and oxygen atoms in total. The smallest absolute Gasteiger partial charge is 0.321 e. The molecule has 0 aliphatic carbocycles. The first-order chi connectivity index (χ1) is 9.22. The van der Waals surface area contributed by atoms with Crippen LogP contribution in [0.2, 0.25) is 0 Å². The molecule has 0 bridgehead atoms. The summed E-state index contributed by atoms with van der Waals surface area (Å²) in [7, 11) is 0. The number of rotatable bonds is 6. The maximum absolute atomic E-state index is 12.9. The number of nitrogens with two attached hydrogens (primary N) is 1. The molecule has 1 aromatic carbocycles. The van der Waals surface area contributed by atoms with E-state index in [4.69, 9.17) is 10.8 Å². The number of halogens is 1. The zero-order valence-corrected chi connectivity index (χ0v) is 12.0. The van der Waals surface area contributed by atoms with Crippen LogP contribution in [0.3, 0.4) is 0 Å². The number of aliphatic carboxylic acids is 1. The van der Waals surface area contributed by atoms with Gasteiger partial charge in [-0.1, -0.05) is 6.07 Å². The van der Waals surface area contributed by atoms with Crippen molar-refractivity contribution in [3.8, 4) is 0 Å². The van der Waals surface area contributed by atoms with E-state index in [9.17, 15) is 14.0 Å². The number of carbonyl (C=O) groups excluding carboxylic acids is 1. The summed E-state index contributed by atoms with van der Waals surface area (Å²) in [4.78, 5) is 22.6. The second kappa shape index (κ2) is 6.71. The maximum Gasteiger partial charge on any atom is 0.321 e. The highest BCUT2D eigenvalue weighted by atomic mass is 32.2. The monoisotopic (exact) mass is 300 g/mol. The van der Waals surface area contributed by atoms with E-state index in [-0.39, 0.29) is 11.7 Å². The van der Waals surface area contributed by atoms with Gasteiger partial charge >= 0.3 is 5.97 Å². The van der Waals surface area contributed by atoms with Gasteiger partial charge in [-0.25, -0.2) is 4.39 Å². The fourth-order valence-corrected chi connectivity index (χ4v) is 2.26. The first kappa shape index (κ1) is 16.5. The molecule has 0 spiro atoms. The average Bonchev–Trinajstić information content (AvgIpc) is 2.35. The first-order valence-electron chi connectivity index (χ1n) is 5.90. The lowest BCUT2D eigenvalue weighted by Crippen LogP contribution is -2.47. The van der Waals surface area contributed by atoms with Gasteiger partial charge in [0.2, 0.25) is 5.91 Å². The molecule has 1 amide bonds. The number of carboxylic acids is 1. The third kappa shape index (κ3) is 4.82. The highest BCUT2D eigenvalue weighted by Gasteiger charge is 2.33. The second-order valence-corrected chi connectivity index (χ2v) is 6.40. The van der Waals surface area contributed by atoms with Crippen LogP contribution in [0.15, 0.2) is 24.3 Å². The van der Waals surface area contributed by atoms with Crippen molar-refractivity contribution in [1.29, 1.82) is 0 Å². The minimum absolute atomic E-state index is 0.0322. The molecule has 1 atom stereocenters. The molecular formula is C13H17FN2O3S. The van der Waals surface area contributed by atoms with Gasteiger partial charge in [-0.2, -0.15) is 0 Å². The number of hydrogen-bond donors (Lipinski definition) is 3. The molecule has 7 heteroatoms. The van der Waals surface area contributed by atoms with Crippen molar-refractivity contribution in [2.24, 2.45) is 5.73 Å². The SMILES string of the molecule is CC(C)(SCC(=O)Nc1cccc(F)c1)[C@@H](N)C(=O)O. The molecule has 0 aliphatic rings. The molecule has 1 rings (SSSR count). The molecule has 0 aliphatic heterocycles. The number of thioether (sulfide) groups is 1. The van der Waals surface area contributed by atoms with Crippen molar-refractivity contribution in [2.45, 2.75) is 24.6 Å². The summed E-state index contributed by atoms with van der Waals surface area (Å²) in [5.74, 6) is -1.87. The van der Waals surface area contributed by atoms with Crippen LogP contribution in [0.1, 0.15) is 13.8 Å². The first-order valence-corrected chi connectivity index (χ1v) is 6.88. The van der Waals surface area contributed by atoms with Crippen LogP contribution in [0, 0.1) is 5.82 Å². The summed E-state index contributed by atoms with van der Waals surface area (Å²) in [6.45, 7) is 3.32. The van der Waals surface area contributed by atoms with Gasteiger partial charge in [-0.15, -0.1) is 11.8 Å². The van der Waals surface area contributed by atoms with Crippen LogP contribution in [0.25, 0.3) is 0 Å². The number of hydrogen-bond acceptors (Lipinski definition) is 4. The Labute approximate surface area is 120 Å². The van der Waals surface area contributed by atoms with Crippen molar-refractivity contribution in [3.63, 3.8) is 0 Å². The lowest BCUT2D eigenvalue weighted by Gasteiger charge is -2.27. The molecule has 0 saturated heterocycles. The summed E-state index contributed by atoms with van der Waals surface area (Å²) in [5, 5.41) is 11.4. The van der Waals surface area contributed by atoms with Gasteiger partial charge in [0.05, 0.1) is 5.75 Å². The van der Waals surface area contributed by atoms with E-state index < -0.39 is 22.6 Å². The Morgan fingerprint density at radius 1 is 1.50 bits per heavy atom. The molecule has 1 aromatic rings. The number of carboxylic acid groups (broad SMARTS) is 1. The topological polar surface area (TPSA) is 92.4 Å². The van der Waals surface area contributed by atoms with Gasteiger partial charge in [0.1, 0.15) is 11.9 Å². The van der Waals surface area contributed by atoms with Crippen molar-refractivity contribution in [2.75, 3.05) is 11.1 Å². The molecule has 0 unspecified atom stereocenters. The van der Waals surface area contributed by atoms with E-state index in [0.29, 0.717) is 5.69 Å². The summed E-state index contributed by atoms with van der Waals surface area (Å²) in [5.41, 5.74) is 5.91. The fourth-order valence-electron chi connectivity index (χ4n) is 1.40. The van der Waals surface area contributed by atoms with E-state index in [0.717, 1.165) is 11.8 Å². The molecule has 0 fully saturated rings. The molecule has 0 aromatic heterocycles. The standard InChI is InChI=1S/C13H17FN2O3S/c1-13(2,11(15)12(18)19)20-7-10(17)16-9-5-3-4-8(14)6-9/h3-6,11H,7,15H2,1-2H3,(H,16,17)(H,18,19)/t11-/m0/s1. The van der Waals surface area contributed by atoms with Crippen molar-refractivity contribution in [1.82, 2.24) is 0 Å². The van der Waals surface area contributed by atoms with Gasteiger partial charge < -0.3 is 16.2 Å². The highest BCUT2D eigenvalue weighted by molar-refractivity contribution is 8.01. The van der Waals surface area contributed by atoms with Gasteiger partial charge in [0.15, 0.2) is 0 Å². The number of nitrogens with one attached hydrogen (secondary N) is 1. The summed E-state index contributed by atoms with van der Waals surface area (Å²) < 4.78 is 12.2. The molecule has 4 N–H and O–H groups in total. The molecule has 20 heavy (non-hydrogen) atoms. The molecule has 0 heterocycles. The van der Waals surface area contributed by atoms with Crippen LogP contribution in [-0.2, 0) is 9.59 Å². The zero-order valence-electron chi connectivity index (χ0n) is 11.2. The summed E-state index contributed by atoms with van der Waals surface area (Å²) in [6, 6.07) is 4.47. The second-order valence-electron chi connectivity index (χ2n) is 4.77. The van der Waals surface area contributed by atoms with Crippen molar-refractivity contribution < 1.29 is 19.1 Å². The predicted molar refractivity (Wildman–Crippen MR) is 77.2 cm³/mol. The third-order valence-electron chi connectivity index (χ3n) is 2.70. The Kier molecular flexibility index (Phi) is 5.52. The van der Waals surface area contributed by atoms with E-state index >= 15 is 0 Å². The Bertz CT molecular complexity index is 508. The molecular weight excluding hydrogens is 283 g/mol. The number of benzene rings is 1. The van der Waals surface area contributed by atoms with Gasteiger partial charge in [0, 0.05) is 10.4 Å². The van der Waals surface area contributed by atoms with Crippen LogP contribution >= 0.6 is 11.8 Å². The largest absolute Gasteiger partial charge is 0.480 e. The van der Waals surface area contributed by atoms with Gasteiger partial charge in [-0.05, 0) is 32.0 Å². The average molecular weight is 300 g/mol. The lowest BCUT2D eigenvalue weighted by molar-refractivity contribution is -0.139. The van der Waals surface area contributed by atoms with Crippen LogP contribution in [0.5, 0.6) is 0 Å². The fraction of sp³-hybridized carbons (Fsp3) is 0.385. The summed E-state index contributed by atoms with van der Waals surface area (Å²) >= 11 is 1.14. The molecule has 0 radical (unpaired) electrons. The van der Waals surface area contributed by atoms with E-state index in [2.05, 4.69) is 5.32 Å². The van der Waals surface area contributed by atoms with Crippen molar-refractivity contribution >= 4 is 29.3 Å². The highest BCUT2D eigenvalue weighted by Crippen LogP contribution is 2.27. The number of anilines is 1. The van der Waals surface area contributed by atoms with Gasteiger partial charge in [0.25, 0.3) is 0 Å². The minimum atomic E-state index is -1.12. The maximum atomic E-state index is 12.9. The normalized spacial score (nSPS) is 12.8.